The molecule has 1 aliphatic carbocycles. The number of nitrogens with zero attached hydrogens (tertiary/aromatic N) is 1. The Bertz CT molecular complexity index is 497. The zero-order valence-electron chi connectivity index (χ0n) is 12.6. The van der Waals surface area contributed by atoms with Crippen LogP contribution >= 0.6 is 0 Å². The van der Waals surface area contributed by atoms with E-state index in [1.54, 1.807) is 7.05 Å². The highest BCUT2D eigenvalue weighted by Gasteiger charge is 2.34. The Kier molecular flexibility index (Phi) is 4.35. The summed E-state index contributed by atoms with van der Waals surface area (Å²) in [4.78, 5) is 4.20. The number of alkyl halides is 3. The fourth-order valence-corrected chi connectivity index (χ4v) is 2.84. The van der Waals surface area contributed by atoms with E-state index in [1.807, 2.05) is 0 Å². The van der Waals surface area contributed by atoms with E-state index in [-0.39, 0.29) is 23.1 Å². The molecule has 1 aromatic rings. The summed E-state index contributed by atoms with van der Waals surface area (Å²) in [5, 5.41) is 5.89. The minimum absolute atomic E-state index is 0.0635. The van der Waals surface area contributed by atoms with Gasteiger partial charge < -0.3 is 10.6 Å². The lowest BCUT2D eigenvalue weighted by Crippen LogP contribution is -2.39. The Morgan fingerprint density at radius 2 is 1.86 bits per heavy atom. The number of nitrogens with one attached hydrogen (secondary N) is 2. The Morgan fingerprint density at radius 1 is 1.19 bits per heavy atom. The van der Waals surface area contributed by atoms with E-state index in [2.05, 4.69) is 29.5 Å². The fraction of sp³-hybridized carbons (Fsp3) is 0.667. The highest BCUT2D eigenvalue weighted by atomic mass is 19.4. The smallest absolute Gasteiger partial charge is 0.373 e. The number of hydrogen-bond donors (Lipinski definition) is 2. The minimum atomic E-state index is -4.37. The molecule has 1 aromatic heterocycles. The van der Waals surface area contributed by atoms with E-state index in [0.29, 0.717) is 0 Å². The number of halogens is 3. The van der Waals surface area contributed by atoms with Gasteiger partial charge in [-0.15, -0.1) is 0 Å². The van der Waals surface area contributed by atoms with Crippen molar-refractivity contribution in [1.29, 1.82) is 0 Å². The minimum Gasteiger partial charge on any atom is -0.373 e. The maximum absolute atomic E-state index is 12.9. The Hall–Kier alpha value is -1.46. The standard InChI is InChI=1S/C15H22F3N3/c1-14(2)7-5-4-6-11(14)20-13-9-10(15(16,17)18)8-12(19-3)21-13/h8-9,11H,4-7H2,1-3H3,(H2,19,20,21). The molecule has 2 rings (SSSR count). The third kappa shape index (κ3) is 3.80. The van der Waals surface area contributed by atoms with Crippen LogP contribution in [-0.4, -0.2) is 18.1 Å². The SMILES string of the molecule is CNc1cc(C(F)(F)F)cc(NC2CCCCC2(C)C)n1. The van der Waals surface area contributed by atoms with Crippen molar-refractivity contribution in [2.75, 3.05) is 17.7 Å². The van der Waals surface area contributed by atoms with Crippen LogP contribution in [0.1, 0.15) is 45.1 Å². The zero-order valence-corrected chi connectivity index (χ0v) is 12.6. The van der Waals surface area contributed by atoms with Gasteiger partial charge in [0, 0.05) is 13.1 Å². The first-order valence-electron chi connectivity index (χ1n) is 7.26. The van der Waals surface area contributed by atoms with Gasteiger partial charge in [-0.2, -0.15) is 13.2 Å². The van der Waals surface area contributed by atoms with Crippen LogP contribution in [0, 0.1) is 5.41 Å². The van der Waals surface area contributed by atoms with Gasteiger partial charge in [0.1, 0.15) is 11.6 Å². The lowest BCUT2D eigenvalue weighted by atomic mass is 9.73. The lowest BCUT2D eigenvalue weighted by molar-refractivity contribution is -0.137. The summed E-state index contributed by atoms with van der Waals surface area (Å²) >= 11 is 0. The van der Waals surface area contributed by atoms with Crippen molar-refractivity contribution in [3.63, 3.8) is 0 Å². The Labute approximate surface area is 123 Å². The Balaban J connectivity index is 2.27. The Morgan fingerprint density at radius 3 is 2.43 bits per heavy atom. The molecule has 3 nitrogen and oxygen atoms in total. The second-order valence-corrected chi connectivity index (χ2v) is 6.31. The molecule has 0 radical (unpaired) electrons. The second kappa shape index (κ2) is 5.73. The van der Waals surface area contributed by atoms with E-state index in [9.17, 15) is 13.2 Å². The fourth-order valence-electron chi connectivity index (χ4n) is 2.84. The van der Waals surface area contributed by atoms with Crippen LogP contribution in [0.4, 0.5) is 24.8 Å². The van der Waals surface area contributed by atoms with Gasteiger partial charge in [-0.05, 0) is 30.4 Å². The van der Waals surface area contributed by atoms with Gasteiger partial charge in [0.2, 0.25) is 0 Å². The van der Waals surface area contributed by atoms with Gasteiger partial charge in [0.15, 0.2) is 0 Å². The molecule has 1 atom stereocenters. The van der Waals surface area contributed by atoms with Crippen molar-refractivity contribution in [2.24, 2.45) is 5.41 Å². The van der Waals surface area contributed by atoms with Crippen molar-refractivity contribution < 1.29 is 13.2 Å². The van der Waals surface area contributed by atoms with Gasteiger partial charge in [-0.3, -0.25) is 0 Å². The number of hydrogen-bond acceptors (Lipinski definition) is 3. The van der Waals surface area contributed by atoms with E-state index in [1.165, 1.54) is 6.42 Å². The van der Waals surface area contributed by atoms with E-state index >= 15 is 0 Å². The molecule has 21 heavy (non-hydrogen) atoms. The zero-order chi connectivity index (χ0) is 15.7. The molecule has 1 heterocycles. The average molecular weight is 301 g/mol. The molecular weight excluding hydrogens is 279 g/mol. The molecule has 118 valence electrons. The van der Waals surface area contributed by atoms with E-state index in [4.69, 9.17) is 0 Å². The molecule has 1 unspecified atom stereocenters. The lowest BCUT2D eigenvalue weighted by Gasteiger charge is -2.39. The molecule has 2 N–H and O–H groups in total. The molecule has 1 saturated carbocycles. The van der Waals surface area contributed by atoms with Crippen LogP contribution in [0.25, 0.3) is 0 Å². The summed E-state index contributed by atoms with van der Waals surface area (Å²) in [5.41, 5.74) is -0.619. The third-order valence-corrected chi connectivity index (χ3v) is 4.24. The van der Waals surface area contributed by atoms with Crippen LogP contribution in [0.15, 0.2) is 12.1 Å². The van der Waals surface area contributed by atoms with Crippen LogP contribution < -0.4 is 10.6 Å². The van der Waals surface area contributed by atoms with Crippen molar-refractivity contribution >= 4 is 11.6 Å². The molecular formula is C15H22F3N3. The molecule has 1 aliphatic rings. The molecule has 0 amide bonds. The number of pyridine rings is 1. The quantitative estimate of drug-likeness (QED) is 0.861. The summed E-state index contributed by atoms with van der Waals surface area (Å²) in [6, 6.07) is 2.26. The summed E-state index contributed by atoms with van der Waals surface area (Å²) in [5.74, 6) is 0.509. The predicted octanol–water partition coefficient (Wildman–Crippen LogP) is 4.52. The normalized spacial score (nSPS) is 21.9. The van der Waals surface area contributed by atoms with Gasteiger partial charge in [0.25, 0.3) is 0 Å². The largest absolute Gasteiger partial charge is 0.416 e. The first-order valence-corrected chi connectivity index (χ1v) is 7.26. The van der Waals surface area contributed by atoms with Crippen molar-refractivity contribution in [2.45, 2.75) is 51.7 Å². The topological polar surface area (TPSA) is 37.0 Å². The van der Waals surface area contributed by atoms with Gasteiger partial charge >= 0.3 is 6.18 Å². The van der Waals surface area contributed by atoms with Gasteiger partial charge in [0.05, 0.1) is 5.56 Å². The molecule has 0 saturated heterocycles. The summed E-state index contributed by atoms with van der Waals surface area (Å²) < 4.78 is 38.8. The first kappa shape index (κ1) is 15.9. The highest BCUT2D eigenvalue weighted by molar-refractivity contribution is 5.50. The molecule has 6 heteroatoms. The van der Waals surface area contributed by atoms with Gasteiger partial charge in [-0.25, -0.2) is 4.98 Å². The highest BCUT2D eigenvalue weighted by Crippen LogP contribution is 2.38. The van der Waals surface area contributed by atoms with Gasteiger partial charge in [-0.1, -0.05) is 26.7 Å². The van der Waals surface area contributed by atoms with E-state index in [0.717, 1.165) is 31.4 Å². The number of aromatic nitrogens is 1. The molecule has 0 bridgehead atoms. The average Bonchev–Trinajstić information content (AvgIpc) is 2.40. The summed E-state index contributed by atoms with van der Waals surface area (Å²) in [7, 11) is 1.57. The van der Waals surface area contributed by atoms with Crippen LogP contribution in [0.5, 0.6) is 0 Å². The maximum Gasteiger partial charge on any atom is 0.416 e. The number of rotatable bonds is 3. The second-order valence-electron chi connectivity index (χ2n) is 6.31. The molecule has 1 fully saturated rings. The molecule has 0 aromatic carbocycles. The van der Waals surface area contributed by atoms with E-state index < -0.39 is 11.7 Å². The summed E-state index contributed by atoms with van der Waals surface area (Å²) in [6.07, 6.45) is -0.0721. The van der Waals surface area contributed by atoms with Crippen LogP contribution in [0.2, 0.25) is 0 Å². The van der Waals surface area contributed by atoms with Crippen molar-refractivity contribution in [3.8, 4) is 0 Å². The molecule has 0 spiro atoms. The van der Waals surface area contributed by atoms with Crippen LogP contribution in [0.3, 0.4) is 0 Å². The van der Waals surface area contributed by atoms with Crippen molar-refractivity contribution in [3.05, 3.63) is 17.7 Å². The first-order chi connectivity index (χ1) is 9.72. The number of anilines is 2. The predicted molar refractivity (Wildman–Crippen MR) is 78.4 cm³/mol. The molecule has 0 aliphatic heterocycles. The summed E-state index contributed by atoms with van der Waals surface area (Å²) in [6.45, 7) is 4.30. The maximum atomic E-state index is 12.9. The third-order valence-electron chi connectivity index (χ3n) is 4.24. The van der Waals surface area contributed by atoms with Crippen LogP contribution in [-0.2, 0) is 6.18 Å². The van der Waals surface area contributed by atoms with Crippen molar-refractivity contribution in [1.82, 2.24) is 4.98 Å². The monoisotopic (exact) mass is 301 g/mol.